The maximum atomic E-state index is 13.0. The lowest BCUT2D eigenvalue weighted by Crippen LogP contribution is -3.11. The standard InChI is InChI=1S/C19H17Cl2N3O/c20-13-9-14(21)11-15(10-13)22-18-16-5-1-2-6-17(16)24(19(18)25)12-23-7-3-4-8-23/h1-2,5-6,9-11H,3-4,7-8,12H2/p+1. The van der Waals surface area contributed by atoms with Crippen LogP contribution in [0.2, 0.25) is 10.0 Å². The van der Waals surface area contributed by atoms with Crippen LogP contribution in [-0.4, -0.2) is 31.4 Å². The highest BCUT2D eigenvalue weighted by Crippen LogP contribution is 2.31. The first-order valence-electron chi connectivity index (χ1n) is 8.41. The molecule has 0 saturated carbocycles. The molecule has 2 aromatic carbocycles. The molecule has 0 atom stereocenters. The van der Waals surface area contributed by atoms with Crippen molar-refractivity contribution >= 4 is 46.2 Å². The molecule has 2 heterocycles. The number of quaternary nitrogens is 1. The lowest BCUT2D eigenvalue weighted by Gasteiger charge is -2.21. The molecule has 2 aliphatic rings. The number of benzene rings is 2. The third-order valence-corrected chi connectivity index (χ3v) is 5.11. The summed E-state index contributed by atoms with van der Waals surface area (Å²) in [6.07, 6.45) is 2.45. The molecule has 4 rings (SSSR count). The van der Waals surface area contributed by atoms with E-state index in [0.29, 0.717) is 28.1 Å². The van der Waals surface area contributed by atoms with Gasteiger partial charge in [-0.3, -0.25) is 9.69 Å². The number of nitrogens with zero attached hydrogens (tertiary/aromatic N) is 2. The van der Waals surface area contributed by atoms with Gasteiger partial charge in [0, 0.05) is 28.5 Å². The number of likely N-dealkylation sites (tertiary alicyclic amines) is 1. The van der Waals surface area contributed by atoms with E-state index in [2.05, 4.69) is 4.99 Å². The number of carbonyl (C=O) groups is 1. The van der Waals surface area contributed by atoms with Gasteiger partial charge >= 0.3 is 0 Å². The smallest absolute Gasteiger partial charge is 0.281 e. The summed E-state index contributed by atoms with van der Waals surface area (Å²) >= 11 is 12.1. The normalized spacial score (nSPS) is 19.0. The van der Waals surface area contributed by atoms with Gasteiger partial charge in [0.1, 0.15) is 5.71 Å². The molecule has 1 amide bonds. The highest BCUT2D eigenvalue weighted by Gasteiger charge is 2.36. The molecule has 2 aliphatic heterocycles. The van der Waals surface area contributed by atoms with Gasteiger partial charge in [-0.05, 0) is 24.3 Å². The first-order valence-corrected chi connectivity index (χ1v) is 9.17. The highest BCUT2D eigenvalue weighted by atomic mass is 35.5. The van der Waals surface area contributed by atoms with Crippen LogP contribution in [0, 0.1) is 0 Å². The minimum Gasteiger partial charge on any atom is -0.317 e. The largest absolute Gasteiger partial charge is 0.317 e. The zero-order valence-electron chi connectivity index (χ0n) is 13.6. The second kappa shape index (κ2) is 6.79. The Bertz CT molecular complexity index is 839. The molecule has 1 fully saturated rings. The van der Waals surface area contributed by atoms with Crippen molar-refractivity contribution < 1.29 is 9.69 Å². The van der Waals surface area contributed by atoms with Gasteiger partial charge in [-0.25, -0.2) is 4.99 Å². The van der Waals surface area contributed by atoms with Gasteiger partial charge in [0.05, 0.1) is 24.5 Å². The molecule has 2 aromatic rings. The van der Waals surface area contributed by atoms with Crippen LogP contribution in [0.5, 0.6) is 0 Å². The van der Waals surface area contributed by atoms with Crippen molar-refractivity contribution in [3.05, 3.63) is 58.1 Å². The molecule has 0 radical (unpaired) electrons. The second-order valence-electron chi connectivity index (χ2n) is 6.45. The summed E-state index contributed by atoms with van der Waals surface area (Å²) in [5.41, 5.74) is 2.83. The molecule has 25 heavy (non-hydrogen) atoms. The Morgan fingerprint density at radius 3 is 2.44 bits per heavy atom. The zero-order chi connectivity index (χ0) is 17.4. The van der Waals surface area contributed by atoms with Gasteiger partial charge in [-0.2, -0.15) is 0 Å². The summed E-state index contributed by atoms with van der Waals surface area (Å²) in [6.45, 7) is 2.91. The number of aliphatic imine (C=N–C) groups is 1. The maximum Gasteiger partial charge on any atom is 0.281 e. The number of para-hydroxylation sites is 1. The summed E-state index contributed by atoms with van der Waals surface area (Å²) in [4.78, 5) is 20.9. The van der Waals surface area contributed by atoms with Crippen molar-refractivity contribution in [2.24, 2.45) is 4.99 Å². The summed E-state index contributed by atoms with van der Waals surface area (Å²) in [7, 11) is 0. The van der Waals surface area contributed by atoms with E-state index >= 15 is 0 Å². The van der Waals surface area contributed by atoms with Gasteiger partial charge in [-0.1, -0.05) is 41.4 Å². The third kappa shape index (κ3) is 3.30. The molecule has 0 aromatic heterocycles. The van der Waals surface area contributed by atoms with E-state index in [1.54, 1.807) is 18.2 Å². The Morgan fingerprint density at radius 1 is 1.04 bits per heavy atom. The molecule has 0 aliphatic carbocycles. The molecular formula is C19H18Cl2N3O+. The fraction of sp³-hybridized carbons (Fsp3) is 0.263. The van der Waals surface area contributed by atoms with E-state index in [1.165, 1.54) is 17.7 Å². The lowest BCUT2D eigenvalue weighted by atomic mass is 10.1. The van der Waals surface area contributed by atoms with Crippen LogP contribution in [0.3, 0.4) is 0 Å². The van der Waals surface area contributed by atoms with Crippen LogP contribution in [-0.2, 0) is 4.79 Å². The topological polar surface area (TPSA) is 37.1 Å². The van der Waals surface area contributed by atoms with E-state index < -0.39 is 0 Å². The van der Waals surface area contributed by atoms with Crippen molar-refractivity contribution in [2.45, 2.75) is 12.8 Å². The number of fused-ring (bicyclic) bond motifs is 1. The lowest BCUT2D eigenvalue weighted by molar-refractivity contribution is -0.886. The van der Waals surface area contributed by atoms with Crippen molar-refractivity contribution in [3.63, 3.8) is 0 Å². The number of rotatable bonds is 3. The Kier molecular flexibility index (Phi) is 4.50. The summed E-state index contributed by atoms with van der Waals surface area (Å²) in [5.74, 6) is -0.0586. The first-order chi connectivity index (χ1) is 12.1. The monoisotopic (exact) mass is 374 g/mol. The minimum atomic E-state index is -0.0586. The SMILES string of the molecule is O=C1C(=Nc2cc(Cl)cc(Cl)c2)c2ccccc2N1C[NH+]1CCCC1. The number of nitrogens with one attached hydrogen (secondary N) is 1. The number of halogens is 2. The van der Waals surface area contributed by atoms with Gasteiger partial charge in [0.2, 0.25) is 0 Å². The Balaban J connectivity index is 1.73. The van der Waals surface area contributed by atoms with E-state index in [0.717, 1.165) is 24.3 Å². The number of hydrogen-bond donors (Lipinski definition) is 1. The Labute approximate surface area is 156 Å². The van der Waals surface area contributed by atoms with E-state index in [9.17, 15) is 4.79 Å². The van der Waals surface area contributed by atoms with Crippen molar-refractivity contribution in [1.82, 2.24) is 0 Å². The summed E-state index contributed by atoms with van der Waals surface area (Å²) in [6, 6.07) is 12.9. The number of anilines is 1. The predicted octanol–water partition coefficient (Wildman–Crippen LogP) is 3.10. The van der Waals surface area contributed by atoms with Crippen LogP contribution in [0.1, 0.15) is 18.4 Å². The number of amides is 1. The van der Waals surface area contributed by atoms with Gasteiger partial charge < -0.3 is 4.90 Å². The fourth-order valence-corrected chi connectivity index (χ4v) is 4.03. The van der Waals surface area contributed by atoms with E-state index in [-0.39, 0.29) is 5.91 Å². The molecule has 1 N–H and O–H groups in total. The summed E-state index contributed by atoms with van der Waals surface area (Å²) < 4.78 is 0. The van der Waals surface area contributed by atoms with Crippen LogP contribution in [0.15, 0.2) is 47.5 Å². The van der Waals surface area contributed by atoms with Gasteiger partial charge in [0.25, 0.3) is 5.91 Å². The molecule has 0 spiro atoms. The number of hydrogen-bond acceptors (Lipinski definition) is 2. The number of carbonyl (C=O) groups excluding carboxylic acids is 1. The van der Waals surface area contributed by atoms with Crippen molar-refractivity contribution in [1.29, 1.82) is 0 Å². The predicted molar refractivity (Wildman–Crippen MR) is 101 cm³/mol. The maximum absolute atomic E-state index is 13.0. The van der Waals surface area contributed by atoms with Crippen molar-refractivity contribution in [3.8, 4) is 0 Å². The molecule has 0 bridgehead atoms. The van der Waals surface area contributed by atoms with E-state index in [4.69, 9.17) is 23.2 Å². The molecule has 4 nitrogen and oxygen atoms in total. The highest BCUT2D eigenvalue weighted by molar-refractivity contribution is 6.54. The summed E-state index contributed by atoms with van der Waals surface area (Å²) in [5, 5.41) is 1.01. The Hall–Kier alpha value is -1.88. The molecule has 128 valence electrons. The zero-order valence-corrected chi connectivity index (χ0v) is 15.1. The molecule has 0 unspecified atom stereocenters. The van der Waals surface area contributed by atoms with Crippen LogP contribution < -0.4 is 9.80 Å². The average molecular weight is 375 g/mol. The quantitative estimate of drug-likeness (QED) is 0.880. The second-order valence-corrected chi connectivity index (χ2v) is 7.33. The molecular weight excluding hydrogens is 357 g/mol. The van der Waals surface area contributed by atoms with Crippen LogP contribution in [0.4, 0.5) is 11.4 Å². The van der Waals surface area contributed by atoms with Crippen LogP contribution in [0.25, 0.3) is 0 Å². The van der Waals surface area contributed by atoms with Gasteiger partial charge in [-0.15, -0.1) is 0 Å². The first kappa shape index (κ1) is 16.6. The minimum absolute atomic E-state index is 0.0586. The van der Waals surface area contributed by atoms with Gasteiger partial charge in [0.15, 0.2) is 6.67 Å². The molecule has 1 saturated heterocycles. The van der Waals surface area contributed by atoms with Crippen LogP contribution >= 0.6 is 23.2 Å². The average Bonchev–Trinajstić information content (AvgIpc) is 3.17. The van der Waals surface area contributed by atoms with E-state index in [1.807, 2.05) is 29.2 Å². The fourth-order valence-electron chi connectivity index (χ4n) is 3.52. The van der Waals surface area contributed by atoms with Crippen molar-refractivity contribution in [2.75, 3.05) is 24.7 Å². The Morgan fingerprint density at radius 2 is 1.72 bits per heavy atom. The third-order valence-electron chi connectivity index (χ3n) is 4.68. The molecule has 6 heteroatoms.